The van der Waals surface area contributed by atoms with E-state index in [2.05, 4.69) is 4.72 Å². The van der Waals surface area contributed by atoms with E-state index in [1.165, 1.54) is 14.0 Å². The molecule has 4 nitrogen and oxygen atoms in total. The molecule has 0 saturated carbocycles. The number of hydrogen-bond acceptors (Lipinski definition) is 3. The first kappa shape index (κ1) is 11.4. The van der Waals surface area contributed by atoms with Crippen LogP contribution < -0.4 is 4.72 Å². The normalized spacial score (nSPS) is 16.5. The van der Waals surface area contributed by atoms with E-state index in [-0.39, 0.29) is 0 Å². The molecule has 0 aromatic carbocycles. The molecule has 5 heteroatoms. The molecule has 0 amide bonds. The maximum absolute atomic E-state index is 11.3. The quantitative estimate of drug-likeness (QED) is 0.706. The Kier molecular flexibility index (Phi) is 3.68. The molecule has 0 aromatic rings. The highest BCUT2D eigenvalue weighted by Crippen LogP contribution is 2.20. The van der Waals surface area contributed by atoms with Gasteiger partial charge in [0.05, 0.1) is 6.07 Å². The van der Waals surface area contributed by atoms with Crippen molar-refractivity contribution in [3.8, 4) is 6.07 Å². The third-order valence-corrected chi connectivity index (χ3v) is 3.84. The van der Waals surface area contributed by atoms with Crippen LogP contribution >= 0.6 is 0 Å². The SMILES string of the molecule is CCCC(C)(C#N)S(=O)(=O)NC. The van der Waals surface area contributed by atoms with Crippen LogP contribution in [0.1, 0.15) is 26.7 Å². The summed E-state index contributed by atoms with van der Waals surface area (Å²) in [5, 5.41) is 8.71. The number of nitriles is 1. The van der Waals surface area contributed by atoms with E-state index in [9.17, 15) is 8.42 Å². The zero-order chi connectivity index (χ0) is 9.83. The lowest BCUT2D eigenvalue weighted by atomic mass is 10.1. The Morgan fingerprint density at radius 1 is 1.58 bits per heavy atom. The van der Waals surface area contributed by atoms with Gasteiger partial charge in [0.1, 0.15) is 0 Å². The molecular weight excluding hydrogens is 176 g/mol. The van der Waals surface area contributed by atoms with E-state index in [4.69, 9.17) is 5.26 Å². The van der Waals surface area contributed by atoms with Gasteiger partial charge in [-0.05, 0) is 20.4 Å². The first-order valence-electron chi connectivity index (χ1n) is 3.78. The summed E-state index contributed by atoms with van der Waals surface area (Å²) in [6.07, 6.45) is 1.03. The molecule has 12 heavy (non-hydrogen) atoms. The van der Waals surface area contributed by atoms with Crippen LogP contribution in [0, 0.1) is 11.3 Å². The highest BCUT2D eigenvalue weighted by Gasteiger charge is 2.37. The van der Waals surface area contributed by atoms with Gasteiger partial charge in [-0.25, -0.2) is 13.1 Å². The number of nitrogens with zero attached hydrogens (tertiary/aromatic N) is 1. The van der Waals surface area contributed by atoms with E-state index in [1.807, 2.05) is 13.0 Å². The minimum Gasteiger partial charge on any atom is -0.217 e. The molecule has 0 aliphatic carbocycles. The topological polar surface area (TPSA) is 70.0 Å². The summed E-state index contributed by atoms with van der Waals surface area (Å²) in [6.45, 7) is 3.28. The van der Waals surface area contributed by atoms with Crippen molar-refractivity contribution in [2.24, 2.45) is 0 Å². The van der Waals surface area contributed by atoms with E-state index < -0.39 is 14.8 Å². The fourth-order valence-electron chi connectivity index (χ4n) is 0.953. The maximum Gasteiger partial charge on any atom is 0.230 e. The second kappa shape index (κ2) is 3.87. The summed E-state index contributed by atoms with van der Waals surface area (Å²) >= 11 is 0. The third kappa shape index (κ3) is 1.96. The molecular formula is C7H14N2O2S. The molecule has 0 spiro atoms. The lowest BCUT2D eigenvalue weighted by Crippen LogP contribution is -2.41. The Bertz CT molecular complexity index is 278. The number of nitrogens with one attached hydrogen (secondary N) is 1. The summed E-state index contributed by atoms with van der Waals surface area (Å²) < 4.78 is 23.5. The summed E-state index contributed by atoms with van der Waals surface area (Å²) in [6, 6.07) is 1.82. The predicted molar refractivity (Wildman–Crippen MR) is 46.9 cm³/mol. The fourth-order valence-corrected chi connectivity index (χ4v) is 2.00. The van der Waals surface area contributed by atoms with E-state index in [0.717, 1.165) is 0 Å². The van der Waals surface area contributed by atoms with E-state index in [0.29, 0.717) is 12.8 Å². The van der Waals surface area contributed by atoms with Gasteiger partial charge in [0.2, 0.25) is 10.0 Å². The smallest absolute Gasteiger partial charge is 0.217 e. The molecule has 0 aromatic heterocycles. The second-order valence-electron chi connectivity index (χ2n) is 2.80. The highest BCUT2D eigenvalue weighted by atomic mass is 32.2. The minimum absolute atomic E-state index is 0.354. The lowest BCUT2D eigenvalue weighted by Gasteiger charge is -2.19. The van der Waals surface area contributed by atoms with Gasteiger partial charge in [0.25, 0.3) is 0 Å². The van der Waals surface area contributed by atoms with Crippen molar-refractivity contribution in [1.29, 1.82) is 5.26 Å². The molecule has 70 valence electrons. The van der Waals surface area contributed by atoms with Crippen molar-refractivity contribution in [2.45, 2.75) is 31.4 Å². The monoisotopic (exact) mass is 190 g/mol. The minimum atomic E-state index is -3.48. The summed E-state index contributed by atoms with van der Waals surface area (Å²) in [4.78, 5) is 0. The molecule has 0 bridgehead atoms. The fraction of sp³-hybridized carbons (Fsp3) is 0.857. The van der Waals surface area contributed by atoms with Crippen LogP contribution in [0.25, 0.3) is 0 Å². The number of rotatable bonds is 4. The van der Waals surface area contributed by atoms with Crippen LogP contribution in [0.15, 0.2) is 0 Å². The van der Waals surface area contributed by atoms with Gasteiger partial charge in [-0.2, -0.15) is 5.26 Å². The molecule has 0 fully saturated rings. The molecule has 1 N–H and O–H groups in total. The first-order chi connectivity index (χ1) is 5.43. The van der Waals surface area contributed by atoms with Crippen LogP contribution in [0.5, 0.6) is 0 Å². The van der Waals surface area contributed by atoms with Crippen molar-refractivity contribution < 1.29 is 8.42 Å². The van der Waals surface area contributed by atoms with Gasteiger partial charge >= 0.3 is 0 Å². The summed E-state index contributed by atoms with van der Waals surface area (Å²) in [5.74, 6) is 0. The van der Waals surface area contributed by atoms with E-state index in [1.54, 1.807) is 0 Å². The molecule has 0 rings (SSSR count). The molecule has 1 unspecified atom stereocenters. The molecule has 0 aliphatic rings. The van der Waals surface area contributed by atoms with E-state index >= 15 is 0 Å². The van der Waals surface area contributed by atoms with Gasteiger partial charge in [-0.1, -0.05) is 13.3 Å². The number of hydrogen-bond donors (Lipinski definition) is 1. The third-order valence-electron chi connectivity index (χ3n) is 1.83. The largest absolute Gasteiger partial charge is 0.230 e. The number of sulfonamides is 1. The van der Waals surface area contributed by atoms with Crippen LogP contribution in [-0.2, 0) is 10.0 Å². The van der Waals surface area contributed by atoms with Gasteiger partial charge in [0.15, 0.2) is 4.75 Å². The lowest BCUT2D eigenvalue weighted by molar-refractivity contribution is 0.542. The maximum atomic E-state index is 11.3. The average molecular weight is 190 g/mol. The molecule has 0 radical (unpaired) electrons. The Labute approximate surface area is 73.6 Å². The van der Waals surface area contributed by atoms with Crippen molar-refractivity contribution in [2.75, 3.05) is 7.05 Å². The zero-order valence-corrected chi connectivity index (χ0v) is 8.40. The zero-order valence-electron chi connectivity index (χ0n) is 7.59. The predicted octanol–water partition coefficient (Wildman–Crippen LogP) is 0.618. The van der Waals surface area contributed by atoms with Gasteiger partial charge in [-0.3, -0.25) is 0 Å². The van der Waals surface area contributed by atoms with Gasteiger partial charge in [-0.15, -0.1) is 0 Å². The van der Waals surface area contributed by atoms with Crippen molar-refractivity contribution in [1.82, 2.24) is 4.72 Å². The Morgan fingerprint density at radius 3 is 2.33 bits per heavy atom. The van der Waals surface area contributed by atoms with Crippen LogP contribution in [-0.4, -0.2) is 20.2 Å². The van der Waals surface area contributed by atoms with Gasteiger partial charge < -0.3 is 0 Å². The summed E-state index contributed by atoms with van der Waals surface area (Å²) in [7, 11) is -2.16. The van der Waals surface area contributed by atoms with Crippen molar-refractivity contribution in [3.63, 3.8) is 0 Å². The van der Waals surface area contributed by atoms with Crippen LogP contribution in [0.4, 0.5) is 0 Å². The summed E-state index contributed by atoms with van der Waals surface area (Å²) in [5.41, 5.74) is 0. The molecule has 0 saturated heterocycles. The first-order valence-corrected chi connectivity index (χ1v) is 5.26. The Hall–Kier alpha value is -0.600. The average Bonchev–Trinajstić information content (AvgIpc) is 2.04. The molecule has 0 aliphatic heterocycles. The standard InChI is InChI=1S/C7H14N2O2S/c1-4-5-7(2,6-8)12(10,11)9-3/h9H,4-5H2,1-3H3. The van der Waals surface area contributed by atoms with Crippen molar-refractivity contribution >= 4 is 10.0 Å². The van der Waals surface area contributed by atoms with Gasteiger partial charge in [0, 0.05) is 0 Å². The highest BCUT2D eigenvalue weighted by molar-refractivity contribution is 7.91. The van der Waals surface area contributed by atoms with Crippen LogP contribution in [0.3, 0.4) is 0 Å². The molecule has 1 atom stereocenters. The Balaban J connectivity index is 4.92. The van der Waals surface area contributed by atoms with Crippen molar-refractivity contribution in [3.05, 3.63) is 0 Å². The Morgan fingerprint density at radius 2 is 2.08 bits per heavy atom. The molecule has 0 heterocycles. The second-order valence-corrected chi connectivity index (χ2v) is 5.12. The van der Waals surface area contributed by atoms with Crippen LogP contribution in [0.2, 0.25) is 0 Å².